The highest BCUT2D eigenvalue weighted by molar-refractivity contribution is 5.83. The number of aliphatic hydroxyl groups is 1. The number of fused-ring (bicyclic) bond motifs is 3. The van der Waals surface area contributed by atoms with Crippen LogP contribution in [0.5, 0.6) is 0 Å². The number of aromatic nitrogens is 3. The van der Waals surface area contributed by atoms with Crippen molar-refractivity contribution in [3.8, 4) is 0 Å². The summed E-state index contributed by atoms with van der Waals surface area (Å²) >= 11 is 0. The molecule has 102 valence electrons. The van der Waals surface area contributed by atoms with E-state index < -0.39 is 0 Å². The molecule has 0 spiro atoms. The Kier molecular flexibility index (Phi) is 2.60. The molecule has 5 nitrogen and oxygen atoms in total. The number of hydrogen-bond donors (Lipinski definition) is 1. The Morgan fingerprint density at radius 2 is 1.95 bits per heavy atom. The van der Waals surface area contributed by atoms with E-state index in [2.05, 4.69) is 20.4 Å². The fourth-order valence-electron chi connectivity index (χ4n) is 2.88. The van der Waals surface area contributed by atoms with E-state index in [0.29, 0.717) is 0 Å². The summed E-state index contributed by atoms with van der Waals surface area (Å²) in [7, 11) is 0. The van der Waals surface area contributed by atoms with Crippen molar-refractivity contribution in [3.63, 3.8) is 0 Å². The molecule has 3 heterocycles. The summed E-state index contributed by atoms with van der Waals surface area (Å²) in [6.45, 7) is 1.66. The largest absolute Gasteiger partial charge is 0.393 e. The maximum absolute atomic E-state index is 9.65. The maximum Gasteiger partial charge on any atom is 0.180 e. The van der Waals surface area contributed by atoms with Crippen LogP contribution in [0.2, 0.25) is 0 Å². The fraction of sp³-hybridized carbons (Fsp3) is 0.333. The minimum atomic E-state index is -0.178. The second-order valence-electron chi connectivity index (χ2n) is 5.26. The molecular weight excluding hydrogens is 252 g/mol. The highest BCUT2D eigenvalue weighted by Gasteiger charge is 2.21. The zero-order chi connectivity index (χ0) is 13.5. The third-order valence-electron chi connectivity index (χ3n) is 3.97. The van der Waals surface area contributed by atoms with Crippen LogP contribution in [0.25, 0.3) is 16.7 Å². The minimum Gasteiger partial charge on any atom is -0.393 e. The molecule has 0 atom stereocenters. The van der Waals surface area contributed by atoms with Crippen molar-refractivity contribution >= 4 is 22.5 Å². The van der Waals surface area contributed by atoms with Crippen LogP contribution in [0.1, 0.15) is 12.8 Å². The minimum absolute atomic E-state index is 0.178. The first-order chi connectivity index (χ1) is 9.83. The Morgan fingerprint density at radius 1 is 1.15 bits per heavy atom. The van der Waals surface area contributed by atoms with Gasteiger partial charge in [0.1, 0.15) is 0 Å². The van der Waals surface area contributed by atoms with Gasteiger partial charge in [0.05, 0.1) is 17.1 Å². The molecule has 1 fully saturated rings. The molecule has 0 amide bonds. The van der Waals surface area contributed by atoms with Crippen molar-refractivity contribution in [2.45, 2.75) is 18.9 Å². The number of anilines is 1. The standard InChI is InChI=1S/C15H16N4O/c20-11-5-8-18(9-6-11)15-14-16-7-10-19(14)13-4-2-1-3-12(13)17-15/h1-4,7,10-11,20H,5-6,8-9H2. The van der Waals surface area contributed by atoms with Crippen LogP contribution < -0.4 is 4.90 Å². The molecule has 3 aromatic rings. The van der Waals surface area contributed by atoms with Gasteiger partial charge in [-0.05, 0) is 25.0 Å². The van der Waals surface area contributed by atoms with Crippen molar-refractivity contribution in [1.82, 2.24) is 14.4 Å². The lowest BCUT2D eigenvalue weighted by Crippen LogP contribution is -2.36. The lowest BCUT2D eigenvalue weighted by atomic mass is 10.1. The van der Waals surface area contributed by atoms with Crippen molar-refractivity contribution in [2.24, 2.45) is 0 Å². The van der Waals surface area contributed by atoms with Gasteiger partial charge in [0.15, 0.2) is 11.5 Å². The molecule has 5 heteroatoms. The number of aliphatic hydroxyl groups excluding tert-OH is 1. The average Bonchev–Trinajstić information content (AvgIpc) is 2.97. The molecule has 2 aromatic heterocycles. The number of nitrogens with zero attached hydrogens (tertiary/aromatic N) is 4. The Labute approximate surface area is 116 Å². The van der Waals surface area contributed by atoms with Crippen molar-refractivity contribution < 1.29 is 5.11 Å². The molecule has 1 N–H and O–H groups in total. The topological polar surface area (TPSA) is 53.7 Å². The summed E-state index contributed by atoms with van der Waals surface area (Å²) in [6, 6.07) is 8.10. The molecular formula is C15H16N4O. The average molecular weight is 268 g/mol. The quantitative estimate of drug-likeness (QED) is 0.731. The second-order valence-corrected chi connectivity index (χ2v) is 5.26. The van der Waals surface area contributed by atoms with Crippen molar-refractivity contribution in [1.29, 1.82) is 0 Å². The monoisotopic (exact) mass is 268 g/mol. The zero-order valence-corrected chi connectivity index (χ0v) is 11.1. The van der Waals surface area contributed by atoms with E-state index in [-0.39, 0.29) is 6.10 Å². The molecule has 1 aromatic carbocycles. The first kappa shape index (κ1) is 11.7. The predicted molar refractivity (Wildman–Crippen MR) is 77.9 cm³/mol. The first-order valence-corrected chi connectivity index (χ1v) is 6.98. The summed E-state index contributed by atoms with van der Waals surface area (Å²) < 4.78 is 2.09. The summed E-state index contributed by atoms with van der Waals surface area (Å²) in [5.41, 5.74) is 2.93. The SMILES string of the molecule is OC1CCN(c2nc3ccccc3n3ccnc23)CC1. The number of para-hydroxylation sites is 2. The van der Waals surface area contributed by atoms with Gasteiger partial charge in [-0.2, -0.15) is 0 Å². The van der Waals surface area contributed by atoms with Crippen LogP contribution >= 0.6 is 0 Å². The van der Waals surface area contributed by atoms with Gasteiger partial charge in [-0.1, -0.05) is 12.1 Å². The van der Waals surface area contributed by atoms with E-state index in [4.69, 9.17) is 4.98 Å². The van der Waals surface area contributed by atoms with Gasteiger partial charge in [0.25, 0.3) is 0 Å². The van der Waals surface area contributed by atoms with E-state index in [9.17, 15) is 5.11 Å². The van der Waals surface area contributed by atoms with Gasteiger partial charge in [-0.15, -0.1) is 0 Å². The van der Waals surface area contributed by atoms with Gasteiger partial charge in [0, 0.05) is 25.5 Å². The normalized spacial score (nSPS) is 17.1. The first-order valence-electron chi connectivity index (χ1n) is 6.98. The van der Waals surface area contributed by atoms with Crippen LogP contribution in [0.15, 0.2) is 36.7 Å². The number of imidazole rings is 1. The number of hydrogen-bond acceptors (Lipinski definition) is 4. The molecule has 4 rings (SSSR count). The number of piperidine rings is 1. The van der Waals surface area contributed by atoms with Gasteiger partial charge >= 0.3 is 0 Å². The third-order valence-corrected chi connectivity index (χ3v) is 3.97. The molecule has 0 saturated carbocycles. The molecule has 1 aliphatic heterocycles. The molecule has 0 radical (unpaired) electrons. The fourth-order valence-corrected chi connectivity index (χ4v) is 2.88. The van der Waals surface area contributed by atoms with Crippen LogP contribution in [0, 0.1) is 0 Å². The highest BCUT2D eigenvalue weighted by atomic mass is 16.3. The van der Waals surface area contributed by atoms with Crippen molar-refractivity contribution in [3.05, 3.63) is 36.7 Å². The molecule has 0 aliphatic carbocycles. The molecule has 20 heavy (non-hydrogen) atoms. The molecule has 0 unspecified atom stereocenters. The van der Waals surface area contributed by atoms with E-state index in [1.165, 1.54) is 0 Å². The van der Waals surface area contributed by atoms with Crippen LogP contribution in [0.3, 0.4) is 0 Å². The van der Waals surface area contributed by atoms with Gasteiger partial charge in [-0.3, -0.25) is 4.40 Å². The highest BCUT2D eigenvalue weighted by Crippen LogP contribution is 2.25. The summed E-state index contributed by atoms with van der Waals surface area (Å²) in [5.74, 6) is 0.917. The van der Waals surface area contributed by atoms with E-state index in [1.807, 2.05) is 30.6 Å². The number of benzene rings is 1. The summed E-state index contributed by atoms with van der Waals surface area (Å²) in [4.78, 5) is 11.5. The van der Waals surface area contributed by atoms with Gasteiger partial charge in [-0.25, -0.2) is 9.97 Å². The zero-order valence-electron chi connectivity index (χ0n) is 11.1. The van der Waals surface area contributed by atoms with E-state index in [1.54, 1.807) is 0 Å². The van der Waals surface area contributed by atoms with E-state index in [0.717, 1.165) is 48.4 Å². The van der Waals surface area contributed by atoms with Gasteiger partial charge < -0.3 is 10.0 Å². The van der Waals surface area contributed by atoms with E-state index >= 15 is 0 Å². The Balaban J connectivity index is 1.90. The van der Waals surface area contributed by atoms with Gasteiger partial charge in [0.2, 0.25) is 0 Å². The lowest BCUT2D eigenvalue weighted by Gasteiger charge is -2.30. The Hall–Kier alpha value is -2.14. The van der Waals surface area contributed by atoms with Crippen LogP contribution in [0.4, 0.5) is 5.82 Å². The Bertz CT molecular complexity index is 759. The molecule has 0 bridgehead atoms. The van der Waals surface area contributed by atoms with Crippen molar-refractivity contribution in [2.75, 3.05) is 18.0 Å². The molecule has 1 aliphatic rings. The maximum atomic E-state index is 9.65. The van der Waals surface area contributed by atoms with Crippen LogP contribution in [-0.4, -0.2) is 38.7 Å². The predicted octanol–water partition coefficient (Wildman–Crippen LogP) is 1.84. The smallest absolute Gasteiger partial charge is 0.180 e. The third kappa shape index (κ3) is 1.74. The Morgan fingerprint density at radius 3 is 2.80 bits per heavy atom. The molecule has 1 saturated heterocycles. The number of rotatable bonds is 1. The summed E-state index contributed by atoms with van der Waals surface area (Å²) in [6.07, 6.45) is 5.19. The lowest BCUT2D eigenvalue weighted by molar-refractivity contribution is 0.145. The summed E-state index contributed by atoms with van der Waals surface area (Å²) in [5, 5.41) is 9.65. The van der Waals surface area contributed by atoms with Crippen LogP contribution in [-0.2, 0) is 0 Å². The second kappa shape index (κ2) is 4.45.